The smallest absolute Gasteiger partial charge is 0.0759 e. The molecule has 2 aliphatic rings. The quantitative estimate of drug-likeness (QED) is 0.443. The molecule has 0 bridgehead atoms. The molecule has 0 saturated heterocycles. The molecule has 0 unspecified atom stereocenters. The van der Waals surface area contributed by atoms with E-state index in [2.05, 4.69) is 12.2 Å². The largest absolute Gasteiger partial charge is 0.391 e. The number of fused-ring (bicyclic) bond motifs is 1. The number of allylic oxidation sites excluding steroid dienone is 1. The van der Waals surface area contributed by atoms with Crippen LogP contribution in [-0.2, 0) is 0 Å². The van der Waals surface area contributed by atoms with Crippen molar-refractivity contribution in [3.8, 4) is 0 Å². The first-order valence-electron chi connectivity index (χ1n) is 3.41. The van der Waals surface area contributed by atoms with Crippen molar-refractivity contribution in [3.05, 3.63) is 12.2 Å². The van der Waals surface area contributed by atoms with Crippen LogP contribution in [0.15, 0.2) is 12.2 Å². The van der Waals surface area contributed by atoms with Crippen molar-refractivity contribution in [1.82, 2.24) is 0 Å². The molecule has 4 atom stereocenters. The Morgan fingerprint density at radius 3 is 3.00 bits per heavy atom. The molecule has 3 N–H and O–H groups in total. The SMILES string of the molecule is N[C@@H]1[C@H](O)[C@@H]2C=CC[C@H]12. The van der Waals surface area contributed by atoms with E-state index >= 15 is 0 Å². The third-order valence-electron chi connectivity index (χ3n) is 2.54. The lowest BCUT2D eigenvalue weighted by atomic mass is 9.69. The van der Waals surface area contributed by atoms with Gasteiger partial charge in [0, 0.05) is 12.0 Å². The minimum absolute atomic E-state index is 0.0463. The highest BCUT2D eigenvalue weighted by Crippen LogP contribution is 2.41. The van der Waals surface area contributed by atoms with Crippen molar-refractivity contribution in [2.24, 2.45) is 17.6 Å². The molecule has 1 fully saturated rings. The third kappa shape index (κ3) is 0.523. The molecular formula is C7H11NO. The fourth-order valence-electron chi connectivity index (χ4n) is 1.84. The third-order valence-corrected chi connectivity index (χ3v) is 2.54. The zero-order valence-corrected chi connectivity index (χ0v) is 5.20. The van der Waals surface area contributed by atoms with Crippen molar-refractivity contribution in [1.29, 1.82) is 0 Å². The van der Waals surface area contributed by atoms with Crippen LogP contribution in [0.3, 0.4) is 0 Å². The highest BCUT2D eigenvalue weighted by molar-refractivity contribution is 5.16. The van der Waals surface area contributed by atoms with E-state index in [1.165, 1.54) is 0 Å². The summed E-state index contributed by atoms with van der Waals surface area (Å²) in [5.74, 6) is 0.944. The maximum absolute atomic E-state index is 9.21. The Bertz CT molecular complexity index is 155. The molecule has 0 aromatic heterocycles. The van der Waals surface area contributed by atoms with Crippen molar-refractivity contribution >= 4 is 0 Å². The van der Waals surface area contributed by atoms with Gasteiger partial charge in [0.25, 0.3) is 0 Å². The molecule has 2 nitrogen and oxygen atoms in total. The summed E-state index contributed by atoms with van der Waals surface area (Å²) in [5.41, 5.74) is 5.62. The van der Waals surface area contributed by atoms with Gasteiger partial charge in [-0.1, -0.05) is 12.2 Å². The van der Waals surface area contributed by atoms with Crippen LogP contribution in [0.25, 0.3) is 0 Å². The number of aliphatic hydroxyl groups excluding tert-OH is 1. The van der Waals surface area contributed by atoms with E-state index in [4.69, 9.17) is 5.73 Å². The molecule has 2 heteroatoms. The standard InChI is InChI=1S/C7H11NO/c8-6-4-2-1-3-5(4)7(6)9/h1,3-7,9H,2,8H2/t4-,5+,6-,7+/m0/s1. The Labute approximate surface area is 54.4 Å². The minimum Gasteiger partial charge on any atom is -0.391 e. The molecule has 2 aliphatic carbocycles. The van der Waals surface area contributed by atoms with Crippen LogP contribution in [0.1, 0.15) is 6.42 Å². The first-order valence-corrected chi connectivity index (χ1v) is 3.41. The summed E-state index contributed by atoms with van der Waals surface area (Å²) in [4.78, 5) is 0. The summed E-state index contributed by atoms with van der Waals surface area (Å²) in [6.45, 7) is 0. The van der Waals surface area contributed by atoms with Gasteiger partial charge >= 0.3 is 0 Å². The molecule has 0 amide bonds. The minimum atomic E-state index is -0.256. The van der Waals surface area contributed by atoms with Crippen molar-refractivity contribution in [2.75, 3.05) is 0 Å². The molecule has 0 aromatic carbocycles. The van der Waals surface area contributed by atoms with Gasteiger partial charge in [-0.15, -0.1) is 0 Å². The lowest BCUT2D eigenvalue weighted by molar-refractivity contribution is -0.0232. The molecule has 50 valence electrons. The van der Waals surface area contributed by atoms with Gasteiger partial charge in [-0.05, 0) is 12.3 Å². The van der Waals surface area contributed by atoms with Gasteiger partial charge in [0.05, 0.1) is 6.10 Å². The lowest BCUT2D eigenvalue weighted by Gasteiger charge is -2.43. The highest BCUT2D eigenvalue weighted by Gasteiger charge is 2.47. The molecule has 0 heterocycles. The summed E-state index contributed by atoms with van der Waals surface area (Å²) in [5, 5.41) is 9.21. The second-order valence-electron chi connectivity index (χ2n) is 2.97. The van der Waals surface area contributed by atoms with Crippen LogP contribution < -0.4 is 5.73 Å². The highest BCUT2D eigenvalue weighted by atomic mass is 16.3. The lowest BCUT2D eigenvalue weighted by Crippen LogP contribution is -2.58. The molecule has 2 rings (SSSR count). The van der Waals surface area contributed by atoms with Gasteiger partial charge in [0.15, 0.2) is 0 Å². The van der Waals surface area contributed by atoms with Crippen LogP contribution in [-0.4, -0.2) is 17.3 Å². The van der Waals surface area contributed by atoms with E-state index < -0.39 is 0 Å². The molecule has 0 aliphatic heterocycles. The summed E-state index contributed by atoms with van der Waals surface area (Å²) in [7, 11) is 0. The number of aliphatic hydroxyl groups is 1. The van der Waals surface area contributed by atoms with Crippen LogP contribution >= 0.6 is 0 Å². The van der Waals surface area contributed by atoms with Gasteiger partial charge in [-0.25, -0.2) is 0 Å². The molecule has 0 radical (unpaired) electrons. The monoisotopic (exact) mass is 125 g/mol. The zero-order chi connectivity index (χ0) is 6.43. The summed E-state index contributed by atoms with van der Waals surface area (Å²) in [6, 6.07) is 0.0463. The van der Waals surface area contributed by atoms with Crippen LogP contribution in [0.5, 0.6) is 0 Å². The predicted molar refractivity (Wildman–Crippen MR) is 34.7 cm³/mol. The van der Waals surface area contributed by atoms with Gasteiger partial charge in [0.2, 0.25) is 0 Å². The molecule has 0 spiro atoms. The van der Waals surface area contributed by atoms with Crippen LogP contribution in [0.2, 0.25) is 0 Å². The number of hydrogen-bond donors (Lipinski definition) is 2. The van der Waals surface area contributed by atoms with Gasteiger partial charge in [0.1, 0.15) is 0 Å². The Balaban J connectivity index is 2.12. The Kier molecular flexibility index (Phi) is 0.957. The Morgan fingerprint density at radius 2 is 2.33 bits per heavy atom. The van der Waals surface area contributed by atoms with Crippen molar-refractivity contribution < 1.29 is 5.11 Å². The Hall–Kier alpha value is -0.340. The number of hydrogen-bond acceptors (Lipinski definition) is 2. The molecule has 9 heavy (non-hydrogen) atoms. The maximum atomic E-state index is 9.21. The summed E-state index contributed by atoms with van der Waals surface area (Å²) >= 11 is 0. The van der Waals surface area contributed by atoms with Gasteiger partial charge < -0.3 is 10.8 Å². The average molecular weight is 125 g/mol. The second-order valence-corrected chi connectivity index (χ2v) is 2.97. The summed E-state index contributed by atoms with van der Waals surface area (Å²) in [6.07, 6.45) is 5.02. The maximum Gasteiger partial charge on any atom is 0.0759 e. The van der Waals surface area contributed by atoms with E-state index in [-0.39, 0.29) is 12.1 Å². The first kappa shape index (κ1) is 5.45. The van der Waals surface area contributed by atoms with Gasteiger partial charge in [-0.2, -0.15) is 0 Å². The zero-order valence-electron chi connectivity index (χ0n) is 5.20. The van der Waals surface area contributed by atoms with E-state index in [1.807, 2.05) is 0 Å². The second kappa shape index (κ2) is 1.58. The number of nitrogens with two attached hydrogens (primary N) is 1. The van der Waals surface area contributed by atoms with E-state index in [0.29, 0.717) is 11.8 Å². The molecular weight excluding hydrogens is 114 g/mol. The average Bonchev–Trinajstić information content (AvgIpc) is 2.30. The van der Waals surface area contributed by atoms with Crippen molar-refractivity contribution in [2.45, 2.75) is 18.6 Å². The van der Waals surface area contributed by atoms with E-state index in [1.54, 1.807) is 0 Å². The van der Waals surface area contributed by atoms with Crippen LogP contribution in [0.4, 0.5) is 0 Å². The van der Waals surface area contributed by atoms with Gasteiger partial charge in [-0.3, -0.25) is 0 Å². The topological polar surface area (TPSA) is 46.2 Å². The molecule has 1 saturated carbocycles. The fraction of sp³-hybridized carbons (Fsp3) is 0.714. The van der Waals surface area contributed by atoms with Crippen molar-refractivity contribution in [3.63, 3.8) is 0 Å². The first-order chi connectivity index (χ1) is 4.30. The normalized spacial score (nSPS) is 54.9. The van der Waals surface area contributed by atoms with E-state index in [0.717, 1.165) is 6.42 Å². The van der Waals surface area contributed by atoms with E-state index in [9.17, 15) is 5.11 Å². The Morgan fingerprint density at radius 1 is 1.56 bits per heavy atom. The summed E-state index contributed by atoms with van der Waals surface area (Å²) < 4.78 is 0. The fourth-order valence-corrected chi connectivity index (χ4v) is 1.84. The number of rotatable bonds is 0. The van der Waals surface area contributed by atoms with Crippen LogP contribution in [0, 0.1) is 11.8 Å². The predicted octanol–water partition coefficient (Wildman–Crippen LogP) is -0.120. The molecule has 0 aromatic rings.